The molecule has 0 aliphatic rings. The normalized spacial score (nSPS) is 10.4. The number of nitrogens with zero attached hydrogens (tertiary/aromatic N) is 1. The molecule has 3 rings (SSSR count). The highest BCUT2D eigenvalue weighted by atomic mass is 32.1. The number of anilines is 1. The number of thiazole rings is 1. The molecule has 5 heteroatoms. The summed E-state index contributed by atoms with van der Waals surface area (Å²) in [5.41, 5.74) is 3.21. The zero-order valence-electron chi connectivity index (χ0n) is 13.4. The maximum absolute atomic E-state index is 12.7. The molecular formula is C19H16N2O2S. The zero-order valence-corrected chi connectivity index (χ0v) is 14.2. The first-order chi connectivity index (χ1) is 11.5. The largest absolute Gasteiger partial charge is 0.298 e. The van der Waals surface area contributed by atoms with Crippen molar-refractivity contribution >= 4 is 28.2 Å². The number of hydrogen-bond acceptors (Lipinski definition) is 4. The van der Waals surface area contributed by atoms with E-state index in [1.165, 1.54) is 11.3 Å². The fourth-order valence-corrected chi connectivity index (χ4v) is 3.00. The van der Waals surface area contributed by atoms with Crippen LogP contribution in [0.15, 0.2) is 53.9 Å². The quantitative estimate of drug-likeness (QED) is 0.725. The van der Waals surface area contributed by atoms with Gasteiger partial charge in [0.2, 0.25) is 0 Å². The molecule has 0 saturated heterocycles. The van der Waals surface area contributed by atoms with Crippen molar-refractivity contribution in [1.29, 1.82) is 0 Å². The van der Waals surface area contributed by atoms with Crippen molar-refractivity contribution in [2.75, 3.05) is 5.32 Å². The monoisotopic (exact) mass is 336 g/mol. The second-order valence-electron chi connectivity index (χ2n) is 5.49. The Hall–Kier alpha value is -2.79. The Kier molecular flexibility index (Phi) is 4.53. The highest BCUT2D eigenvalue weighted by molar-refractivity contribution is 7.13. The van der Waals surface area contributed by atoms with Crippen molar-refractivity contribution in [2.45, 2.75) is 13.8 Å². The summed E-state index contributed by atoms with van der Waals surface area (Å²) in [7, 11) is 0. The van der Waals surface area contributed by atoms with Gasteiger partial charge in [-0.05, 0) is 19.9 Å². The Morgan fingerprint density at radius 1 is 0.958 bits per heavy atom. The zero-order chi connectivity index (χ0) is 17.1. The number of amides is 1. The van der Waals surface area contributed by atoms with Gasteiger partial charge >= 0.3 is 0 Å². The summed E-state index contributed by atoms with van der Waals surface area (Å²) in [4.78, 5) is 29.5. The average Bonchev–Trinajstić information content (AvgIpc) is 3.00. The van der Waals surface area contributed by atoms with E-state index in [-0.39, 0.29) is 11.7 Å². The molecular weight excluding hydrogens is 320 g/mol. The van der Waals surface area contributed by atoms with Gasteiger partial charge in [-0.15, -0.1) is 11.3 Å². The number of aromatic nitrogens is 1. The van der Waals surface area contributed by atoms with Gasteiger partial charge in [-0.25, -0.2) is 4.98 Å². The molecule has 1 N–H and O–H groups in total. The Morgan fingerprint density at radius 3 is 2.25 bits per heavy atom. The third-order valence-corrected chi connectivity index (χ3v) is 4.45. The SMILES string of the molecule is Cc1ccc(C(=O)c2ccccc2C(=O)Nc2nc(C)cs2)cc1. The minimum Gasteiger partial charge on any atom is -0.298 e. The predicted octanol–water partition coefficient (Wildman–Crippen LogP) is 4.24. The van der Waals surface area contributed by atoms with Gasteiger partial charge in [0.15, 0.2) is 10.9 Å². The van der Waals surface area contributed by atoms with E-state index >= 15 is 0 Å². The summed E-state index contributed by atoms with van der Waals surface area (Å²) in [5, 5.41) is 5.13. The van der Waals surface area contributed by atoms with Gasteiger partial charge in [0.1, 0.15) is 0 Å². The van der Waals surface area contributed by atoms with Crippen LogP contribution in [-0.2, 0) is 0 Å². The standard InChI is InChI=1S/C19H16N2O2S/c1-12-7-9-14(10-8-12)17(22)15-5-3-4-6-16(15)18(23)21-19-20-13(2)11-24-19/h3-11H,1-2H3,(H,20,21,23). The van der Waals surface area contributed by atoms with E-state index in [0.717, 1.165) is 11.3 Å². The summed E-state index contributed by atoms with van der Waals surface area (Å²) in [6, 6.07) is 14.1. The van der Waals surface area contributed by atoms with Gasteiger partial charge in [-0.1, -0.05) is 48.0 Å². The third-order valence-electron chi connectivity index (χ3n) is 3.57. The van der Waals surface area contributed by atoms with Crippen molar-refractivity contribution in [3.63, 3.8) is 0 Å². The van der Waals surface area contributed by atoms with Crippen LogP contribution in [0.1, 0.15) is 37.5 Å². The highest BCUT2D eigenvalue weighted by Crippen LogP contribution is 2.19. The maximum atomic E-state index is 12.7. The Labute approximate surface area is 144 Å². The van der Waals surface area contributed by atoms with Crippen molar-refractivity contribution in [3.05, 3.63) is 81.9 Å². The van der Waals surface area contributed by atoms with Gasteiger partial charge in [0.25, 0.3) is 5.91 Å². The number of nitrogens with one attached hydrogen (secondary N) is 1. The predicted molar refractivity (Wildman–Crippen MR) is 95.9 cm³/mol. The van der Waals surface area contributed by atoms with E-state index in [1.54, 1.807) is 36.4 Å². The van der Waals surface area contributed by atoms with Gasteiger partial charge < -0.3 is 0 Å². The number of carbonyl (C=O) groups is 2. The molecule has 24 heavy (non-hydrogen) atoms. The number of ketones is 1. The lowest BCUT2D eigenvalue weighted by Gasteiger charge is -2.08. The second-order valence-corrected chi connectivity index (χ2v) is 6.35. The molecule has 2 aromatic carbocycles. The van der Waals surface area contributed by atoms with E-state index < -0.39 is 0 Å². The molecule has 0 saturated carbocycles. The number of rotatable bonds is 4. The lowest BCUT2D eigenvalue weighted by molar-refractivity contribution is 0.0996. The van der Waals surface area contributed by atoms with Crippen LogP contribution in [0.4, 0.5) is 5.13 Å². The molecule has 1 heterocycles. The summed E-state index contributed by atoms with van der Waals surface area (Å²) in [6.45, 7) is 3.83. The molecule has 0 aliphatic carbocycles. The van der Waals surface area contributed by atoms with E-state index in [1.807, 2.05) is 31.4 Å². The number of carbonyl (C=O) groups excluding carboxylic acids is 2. The lowest BCUT2D eigenvalue weighted by Crippen LogP contribution is -2.16. The molecule has 1 amide bonds. The van der Waals surface area contributed by atoms with Gasteiger partial charge in [0.05, 0.1) is 11.3 Å². The molecule has 0 atom stereocenters. The second kappa shape index (κ2) is 6.76. The van der Waals surface area contributed by atoms with E-state index in [0.29, 0.717) is 21.8 Å². The summed E-state index contributed by atoms with van der Waals surface area (Å²) >= 11 is 1.36. The minimum absolute atomic E-state index is 0.170. The Morgan fingerprint density at radius 2 is 1.62 bits per heavy atom. The van der Waals surface area contributed by atoms with Crippen LogP contribution in [0.2, 0.25) is 0 Å². The van der Waals surface area contributed by atoms with Crippen molar-refractivity contribution in [2.24, 2.45) is 0 Å². The minimum atomic E-state index is -0.333. The molecule has 0 spiro atoms. The molecule has 0 bridgehead atoms. The topological polar surface area (TPSA) is 59.1 Å². The van der Waals surface area contributed by atoms with Crippen LogP contribution in [0.5, 0.6) is 0 Å². The van der Waals surface area contributed by atoms with E-state index in [2.05, 4.69) is 10.3 Å². The Bertz CT molecular complexity index is 898. The van der Waals surface area contributed by atoms with Crippen LogP contribution in [-0.4, -0.2) is 16.7 Å². The molecule has 4 nitrogen and oxygen atoms in total. The summed E-state index contributed by atoms with van der Waals surface area (Å²) < 4.78 is 0. The first kappa shape index (κ1) is 16.1. The first-order valence-electron chi connectivity index (χ1n) is 7.48. The summed E-state index contributed by atoms with van der Waals surface area (Å²) in [6.07, 6.45) is 0. The van der Waals surface area contributed by atoms with Crippen LogP contribution >= 0.6 is 11.3 Å². The smallest absolute Gasteiger partial charge is 0.258 e. The molecule has 0 radical (unpaired) electrons. The number of hydrogen-bond donors (Lipinski definition) is 1. The fraction of sp³-hybridized carbons (Fsp3) is 0.105. The summed E-state index contributed by atoms with van der Waals surface area (Å²) in [5.74, 6) is -0.503. The molecule has 0 unspecified atom stereocenters. The molecule has 3 aromatic rings. The van der Waals surface area contributed by atoms with Crippen molar-refractivity contribution in [1.82, 2.24) is 4.98 Å². The first-order valence-corrected chi connectivity index (χ1v) is 8.36. The molecule has 0 fully saturated rings. The number of aryl methyl sites for hydroxylation is 2. The van der Waals surface area contributed by atoms with E-state index in [9.17, 15) is 9.59 Å². The highest BCUT2D eigenvalue weighted by Gasteiger charge is 2.18. The van der Waals surface area contributed by atoms with Gasteiger partial charge in [-0.2, -0.15) is 0 Å². The van der Waals surface area contributed by atoms with E-state index in [4.69, 9.17) is 0 Å². The van der Waals surface area contributed by atoms with Gasteiger partial charge in [0, 0.05) is 16.5 Å². The lowest BCUT2D eigenvalue weighted by atomic mass is 9.97. The van der Waals surface area contributed by atoms with Crippen LogP contribution in [0, 0.1) is 13.8 Å². The number of benzene rings is 2. The Balaban J connectivity index is 1.91. The average molecular weight is 336 g/mol. The maximum Gasteiger partial charge on any atom is 0.258 e. The van der Waals surface area contributed by atoms with Gasteiger partial charge in [-0.3, -0.25) is 14.9 Å². The van der Waals surface area contributed by atoms with Crippen LogP contribution in [0.3, 0.4) is 0 Å². The van der Waals surface area contributed by atoms with Crippen molar-refractivity contribution in [3.8, 4) is 0 Å². The van der Waals surface area contributed by atoms with Crippen molar-refractivity contribution < 1.29 is 9.59 Å². The molecule has 1 aromatic heterocycles. The molecule has 0 aliphatic heterocycles. The fourth-order valence-electron chi connectivity index (χ4n) is 2.32. The molecule has 120 valence electrons. The third kappa shape index (κ3) is 3.41. The van der Waals surface area contributed by atoms with Crippen LogP contribution in [0.25, 0.3) is 0 Å². The van der Waals surface area contributed by atoms with Crippen LogP contribution < -0.4 is 5.32 Å².